The van der Waals surface area contributed by atoms with Crippen LogP contribution in [0.15, 0.2) is 24.3 Å². The molecule has 1 atom stereocenters. The topological polar surface area (TPSA) is 102 Å². The normalized spacial score (nSPS) is 22.2. The van der Waals surface area contributed by atoms with Crippen molar-refractivity contribution in [2.75, 3.05) is 20.3 Å². The van der Waals surface area contributed by atoms with Crippen molar-refractivity contribution >= 4 is 23.7 Å². The van der Waals surface area contributed by atoms with Crippen LogP contribution in [0.5, 0.6) is 5.75 Å². The second-order valence-electron chi connectivity index (χ2n) is 6.61. The molecule has 2 aliphatic rings. The molecule has 1 saturated heterocycles. The summed E-state index contributed by atoms with van der Waals surface area (Å²) in [6, 6.07) is 5.85. The van der Waals surface area contributed by atoms with Crippen LogP contribution in [-0.4, -0.2) is 54.4 Å². The minimum absolute atomic E-state index is 0.106. The number of Topliss-reactive ketones (excluding diaryl/α,β-unsaturated/α-hetero) is 1. The van der Waals surface area contributed by atoms with E-state index in [1.807, 2.05) is 0 Å². The molecular weight excluding hydrogens is 340 g/mol. The maximum Gasteiger partial charge on any atom is 0.326 e. The summed E-state index contributed by atoms with van der Waals surface area (Å²) in [5.41, 5.74) is -0.609. The Morgan fingerprint density at radius 1 is 1.31 bits per heavy atom. The van der Waals surface area contributed by atoms with Crippen molar-refractivity contribution < 1.29 is 28.7 Å². The number of esters is 1. The first-order valence-electron chi connectivity index (χ1n) is 8.32. The van der Waals surface area contributed by atoms with Crippen molar-refractivity contribution in [3.63, 3.8) is 0 Å². The lowest BCUT2D eigenvalue weighted by Crippen LogP contribution is -2.46. The van der Waals surface area contributed by atoms with Gasteiger partial charge >= 0.3 is 12.0 Å². The molecule has 0 bridgehead atoms. The fourth-order valence-electron chi connectivity index (χ4n) is 3.00. The van der Waals surface area contributed by atoms with Crippen LogP contribution in [-0.2, 0) is 14.3 Å². The maximum absolute atomic E-state index is 12.4. The highest BCUT2D eigenvalue weighted by atomic mass is 16.5. The number of imide groups is 1. The third kappa shape index (κ3) is 3.40. The third-order valence-corrected chi connectivity index (χ3v) is 4.74. The Balaban J connectivity index is 1.55. The van der Waals surface area contributed by atoms with Gasteiger partial charge < -0.3 is 14.8 Å². The van der Waals surface area contributed by atoms with Crippen molar-refractivity contribution in [3.05, 3.63) is 29.8 Å². The summed E-state index contributed by atoms with van der Waals surface area (Å²) in [6.07, 6.45) is 1.74. The van der Waals surface area contributed by atoms with E-state index in [1.165, 1.54) is 13.2 Å². The Kier molecular flexibility index (Phi) is 4.67. The minimum atomic E-state index is -0.951. The lowest BCUT2D eigenvalue weighted by molar-refractivity contribution is -0.146. The number of hydrogen-bond donors (Lipinski definition) is 1. The second kappa shape index (κ2) is 6.78. The molecule has 3 amide bonds. The molecule has 1 aromatic carbocycles. The van der Waals surface area contributed by atoms with Crippen LogP contribution in [0.25, 0.3) is 0 Å². The van der Waals surface area contributed by atoms with Crippen LogP contribution in [0, 0.1) is 5.92 Å². The van der Waals surface area contributed by atoms with Gasteiger partial charge in [0.25, 0.3) is 5.91 Å². The monoisotopic (exact) mass is 360 g/mol. The first-order valence-corrected chi connectivity index (χ1v) is 8.32. The van der Waals surface area contributed by atoms with Crippen molar-refractivity contribution in [2.24, 2.45) is 5.92 Å². The molecule has 1 aliphatic carbocycles. The SMILES string of the molecule is COc1cccc(C(=O)COC(=O)CN2C(=O)NC(C)(C3CC3)C2=O)c1. The van der Waals surface area contributed by atoms with E-state index in [-0.39, 0.29) is 5.92 Å². The Hall–Kier alpha value is -2.90. The molecule has 138 valence electrons. The molecule has 0 aromatic heterocycles. The van der Waals surface area contributed by atoms with Gasteiger partial charge in [-0.3, -0.25) is 19.3 Å². The minimum Gasteiger partial charge on any atom is -0.497 e. The molecule has 1 saturated carbocycles. The van der Waals surface area contributed by atoms with Gasteiger partial charge in [0.2, 0.25) is 0 Å². The van der Waals surface area contributed by atoms with E-state index >= 15 is 0 Å². The van der Waals surface area contributed by atoms with Gasteiger partial charge in [-0.2, -0.15) is 0 Å². The number of benzene rings is 1. The zero-order chi connectivity index (χ0) is 18.9. The first-order chi connectivity index (χ1) is 12.3. The average Bonchev–Trinajstić information content (AvgIpc) is 3.46. The smallest absolute Gasteiger partial charge is 0.326 e. The molecule has 1 heterocycles. The van der Waals surface area contributed by atoms with E-state index in [4.69, 9.17) is 9.47 Å². The highest BCUT2D eigenvalue weighted by Gasteiger charge is 2.56. The molecule has 0 radical (unpaired) electrons. The van der Waals surface area contributed by atoms with Crippen LogP contribution in [0.4, 0.5) is 4.79 Å². The van der Waals surface area contributed by atoms with Crippen molar-refractivity contribution in [1.82, 2.24) is 10.2 Å². The van der Waals surface area contributed by atoms with E-state index in [0.717, 1.165) is 17.7 Å². The molecule has 2 fully saturated rings. The first kappa shape index (κ1) is 17.9. The Morgan fingerprint density at radius 3 is 2.69 bits per heavy atom. The lowest BCUT2D eigenvalue weighted by atomic mass is 9.96. The number of amides is 3. The van der Waals surface area contributed by atoms with Crippen LogP contribution >= 0.6 is 0 Å². The fourth-order valence-corrected chi connectivity index (χ4v) is 3.00. The van der Waals surface area contributed by atoms with Gasteiger partial charge in [-0.25, -0.2) is 4.79 Å². The van der Waals surface area contributed by atoms with Gasteiger partial charge in [0.15, 0.2) is 12.4 Å². The molecular formula is C18H20N2O6. The van der Waals surface area contributed by atoms with Gasteiger partial charge in [0, 0.05) is 5.56 Å². The Morgan fingerprint density at radius 2 is 2.04 bits per heavy atom. The van der Waals surface area contributed by atoms with Crippen LogP contribution in [0.3, 0.4) is 0 Å². The summed E-state index contributed by atoms with van der Waals surface area (Å²) in [5.74, 6) is -1.03. The van der Waals surface area contributed by atoms with Crippen molar-refractivity contribution in [1.29, 1.82) is 0 Å². The van der Waals surface area contributed by atoms with Gasteiger partial charge in [-0.05, 0) is 37.8 Å². The highest BCUT2D eigenvalue weighted by Crippen LogP contribution is 2.42. The quantitative estimate of drug-likeness (QED) is 0.444. The molecule has 3 rings (SSSR count). The van der Waals surface area contributed by atoms with Crippen LogP contribution in [0.2, 0.25) is 0 Å². The zero-order valence-corrected chi connectivity index (χ0v) is 14.6. The molecule has 8 nitrogen and oxygen atoms in total. The van der Waals surface area contributed by atoms with Crippen molar-refractivity contribution in [3.8, 4) is 5.75 Å². The standard InChI is InChI=1S/C18H20N2O6/c1-18(12-6-7-12)16(23)20(17(24)19-18)9-15(22)26-10-14(21)11-4-3-5-13(8-11)25-2/h3-5,8,12H,6-7,9-10H2,1-2H3,(H,19,24). The maximum atomic E-state index is 12.4. The largest absolute Gasteiger partial charge is 0.497 e. The third-order valence-electron chi connectivity index (χ3n) is 4.74. The van der Waals surface area contributed by atoms with E-state index in [9.17, 15) is 19.2 Å². The lowest BCUT2D eigenvalue weighted by Gasteiger charge is -2.20. The van der Waals surface area contributed by atoms with Gasteiger partial charge in [-0.15, -0.1) is 0 Å². The molecule has 1 aliphatic heterocycles. The second-order valence-corrected chi connectivity index (χ2v) is 6.61. The summed E-state index contributed by atoms with van der Waals surface area (Å²) in [5, 5.41) is 2.65. The van der Waals surface area contributed by atoms with Crippen LogP contribution < -0.4 is 10.1 Å². The number of ether oxygens (including phenoxy) is 2. The summed E-state index contributed by atoms with van der Waals surface area (Å²) in [7, 11) is 1.48. The predicted octanol–water partition coefficient (Wildman–Crippen LogP) is 1.14. The number of ketones is 1. The van der Waals surface area contributed by atoms with E-state index in [0.29, 0.717) is 11.3 Å². The number of urea groups is 1. The zero-order valence-electron chi connectivity index (χ0n) is 14.6. The Bertz CT molecular complexity index is 773. The van der Waals surface area contributed by atoms with Gasteiger partial charge in [-0.1, -0.05) is 12.1 Å². The highest BCUT2D eigenvalue weighted by molar-refractivity contribution is 6.09. The number of nitrogens with zero attached hydrogens (tertiary/aromatic N) is 1. The summed E-state index contributed by atoms with van der Waals surface area (Å²) >= 11 is 0. The molecule has 8 heteroatoms. The molecule has 1 aromatic rings. The average molecular weight is 360 g/mol. The molecule has 1 N–H and O–H groups in total. The van der Waals surface area contributed by atoms with Gasteiger partial charge in [0.05, 0.1) is 7.11 Å². The van der Waals surface area contributed by atoms with Gasteiger partial charge in [0.1, 0.15) is 17.8 Å². The fraction of sp³-hybridized carbons (Fsp3) is 0.444. The summed E-state index contributed by atoms with van der Waals surface area (Å²) in [4.78, 5) is 49.3. The molecule has 1 unspecified atom stereocenters. The number of rotatable bonds is 7. The number of carbonyl (C=O) groups is 4. The van der Waals surface area contributed by atoms with Crippen LogP contribution in [0.1, 0.15) is 30.1 Å². The van der Waals surface area contributed by atoms with E-state index in [1.54, 1.807) is 25.1 Å². The van der Waals surface area contributed by atoms with Crippen molar-refractivity contribution in [2.45, 2.75) is 25.3 Å². The number of carbonyl (C=O) groups excluding carboxylic acids is 4. The summed E-state index contributed by atoms with van der Waals surface area (Å²) in [6.45, 7) is 0.677. The number of hydrogen-bond acceptors (Lipinski definition) is 6. The number of methoxy groups -OCH3 is 1. The van der Waals surface area contributed by atoms with E-state index < -0.39 is 42.4 Å². The number of nitrogens with one attached hydrogen (secondary N) is 1. The summed E-state index contributed by atoms with van der Waals surface area (Å²) < 4.78 is 9.97. The molecule has 0 spiro atoms. The van der Waals surface area contributed by atoms with E-state index in [2.05, 4.69) is 5.32 Å². The predicted molar refractivity (Wildman–Crippen MR) is 89.7 cm³/mol. The molecule has 26 heavy (non-hydrogen) atoms. The Labute approximate surface area is 150 Å².